The minimum Gasteiger partial charge on any atom is -0.368 e. The second-order valence-electron chi connectivity index (χ2n) is 4.28. The van der Waals surface area contributed by atoms with Crippen LogP contribution in [0.5, 0.6) is 0 Å². The zero-order valence-corrected chi connectivity index (χ0v) is 11.6. The lowest BCUT2D eigenvalue weighted by Gasteiger charge is -2.34. The minimum atomic E-state index is -0.583. The molecule has 2 rings (SSSR count). The molecule has 6 nitrogen and oxygen atoms in total. The molecule has 0 saturated carbocycles. The van der Waals surface area contributed by atoms with Crippen molar-refractivity contribution < 1.29 is 9.59 Å². The average Bonchev–Trinajstić information content (AvgIpc) is 2.67. The summed E-state index contributed by atoms with van der Waals surface area (Å²) < 4.78 is 2.56. The first-order chi connectivity index (χ1) is 8.50. The van der Waals surface area contributed by atoms with E-state index in [0.717, 1.165) is 4.47 Å². The fourth-order valence-corrected chi connectivity index (χ4v) is 2.61. The number of nitrogens with zero attached hydrogens (tertiary/aromatic N) is 2. The van der Waals surface area contributed by atoms with E-state index in [1.54, 1.807) is 23.9 Å². The Hall–Kier alpha value is -1.34. The molecule has 1 aromatic rings. The molecule has 2 heterocycles. The Bertz CT molecular complexity index is 485. The number of aryl methyl sites for hydroxylation is 1. The number of carbonyl (C=O) groups excluding carboxylic acids is 2. The summed E-state index contributed by atoms with van der Waals surface area (Å²) in [7, 11) is 1.79. The standard InChI is InChI=1S/C11H15BrN4O2/c1-15-6-7(12)4-8(15)11(18)16-3-2-14-5-9(16)10(13)17/h4,6,9,14H,2-3,5H2,1H3,(H2,13,17). The zero-order chi connectivity index (χ0) is 13.3. The Morgan fingerprint density at radius 3 is 2.83 bits per heavy atom. The normalized spacial score (nSPS) is 19.9. The SMILES string of the molecule is Cn1cc(Br)cc1C(=O)N1CCNCC1C(N)=O. The van der Waals surface area contributed by atoms with E-state index in [1.807, 2.05) is 0 Å². The van der Waals surface area contributed by atoms with E-state index in [2.05, 4.69) is 21.2 Å². The molecule has 1 fully saturated rings. The smallest absolute Gasteiger partial charge is 0.271 e. The van der Waals surface area contributed by atoms with Crippen LogP contribution in [0.15, 0.2) is 16.7 Å². The first-order valence-electron chi connectivity index (χ1n) is 5.63. The minimum absolute atomic E-state index is 0.173. The van der Waals surface area contributed by atoms with Gasteiger partial charge in [0, 0.05) is 37.4 Å². The van der Waals surface area contributed by atoms with Crippen LogP contribution in [0.1, 0.15) is 10.5 Å². The molecule has 0 radical (unpaired) electrons. The second kappa shape index (κ2) is 5.11. The van der Waals surface area contributed by atoms with Gasteiger partial charge in [-0.25, -0.2) is 0 Å². The van der Waals surface area contributed by atoms with Crippen LogP contribution in [0.4, 0.5) is 0 Å². The number of hydrogen-bond donors (Lipinski definition) is 2. The van der Waals surface area contributed by atoms with Gasteiger partial charge in [-0.15, -0.1) is 0 Å². The summed E-state index contributed by atoms with van der Waals surface area (Å²) in [6.07, 6.45) is 1.80. The van der Waals surface area contributed by atoms with Gasteiger partial charge in [0.05, 0.1) is 0 Å². The Labute approximate surface area is 113 Å². The van der Waals surface area contributed by atoms with Crippen molar-refractivity contribution in [1.82, 2.24) is 14.8 Å². The Kier molecular flexibility index (Phi) is 3.72. The number of amides is 2. The number of piperazine rings is 1. The van der Waals surface area contributed by atoms with Crippen molar-refractivity contribution in [2.24, 2.45) is 12.8 Å². The van der Waals surface area contributed by atoms with Crippen LogP contribution in [0.2, 0.25) is 0 Å². The predicted octanol–water partition coefficient (Wildman–Crippen LogP) is -0.313. The largest absolute Gasteiger partial charge is 0.368 e. The number of nitrogens with one attached hydrogen (secondary N) is 1. The van der Waals surface area contributed by atoms with E-state index in [4.69, 9.17) is 5.73 Å². The summed E-state index contributed by atoms with van der Waals surface area (Å²) in [5, 5.41) is 3.06. The van der Waals surface area contributed by atoms with Crippen LogP contribution in [-0.4, -0.2) is 47.0 Å². The van der Waals surface area contributed by atoms with Gasteiger partial charge in [-0.2, -0.15) is 0 Å². The third-order valence-electron chi connectivity index (χ3n) is 3.02. The molecule has 0 spiro atoms. The number of carbonyl (C=O) groups is 2. The molecule has 7 heteroatoms. The van der Waals surface area contributed by atoms with Crippen molar-refractivity contribution in [2.75, 3.05) is 19.6 Å². The summed E-state index contributed by atoms with van der Waals surface area (Å²) in [6.45, 7) is 1.56. The Morgan fingerprint density at radius 1 is 1.56 bits per heavy atom. The molecular weight excluding hydrogens is 300 g/mol. The summed E-state index contributed by atoms with van der Waals surface area (Å²) in [6, 6.07) is 1.16. The number of aromatic nitrogens is 1. The maximum Gasteiger partial charge on any atom is 0.271 e. The molecule has 0 bridgehead atoms. The number of nitrogens with two attached hydrogens (primary N) is 1. The van der Waals surface area contributed by atoms with Crippen molar-refractivity contribution in [3.8, 4) is 0 Å². The number of halogens is 1. The van der Waals surface area contributed by atoms with Crippen molar-refractivity contribution in [3.63, 3.8) is 0 Å². The highest BCUT2D eigenvalue weighted by atomic mass is 79.9. The summed E-state index contributed by atoms with van der Waals surface area (Å²) >= 11 is 3.32. The van der Waals surface area contributed by atoms with E-state index in [1.165, 1.54) is 4.90 Å². The highest BCUT2D eigenvalue weighted by Gasteiger charge is 2.32. The molecule has 1 unspecified atom stereocenters. The summed E-state index contributed by atoms with van der Waals surface area (Å²) in [4.78, 5) is 25.3. The molecule has 2 amide bonds. The van der Waals surface area contributed by atoms with E-state index >= 15 is 0 Å². The zero-order valence-electron chi connectivity index (χ0n) is 10.0. The summed E-state index contributed by atoms with van der Waals surface area (Å²) in [5.41, 5.74) is 5.86. The van der Waals surface area contributed by atoms with Crippen LogP contribution in [0.3, 0.4) is 0 Å². The van der Waals surface area contributed by atoms with E-state index < -0.39 is 11.9 Å². The molecule has 1 saturated heterocycles. The predicted molar refractivity (Wildman–Crippen MR) is 70.0 cm³/mol. The molecule has 0 aromatic carbocycles. The molecule has 18 heavy (non-hydrogen) atoms. The maximum atomic E-state index is 12.4. The van der Waals surface area contributed by atoms with Gasteiger partial charge in [0.25, 0.3) is 5.91 Å². The van der Waals surface area contributed by atoms with Gasteiger partial charge in [-0.3, -0.25) is 9.59 Å². The topological polar surface area (TPSA) is 80.4 Å². The molecule has 3 N–H and O–H groups in total. The lowest BCUT2D eigenvalue weighted by molar-refractivity contribution is -0.122. The summed E-state index contributed by atoms with van der Waals surface area (Å²) in [5.74, 6) is -0.655. The van der Waals surface area contributed by atoms with Crippen molar-refractivity contribution in [1.29, 1.82) is 0 Å². The lowest BCUT2D eigenvalue weighted by Crippen LogP contribution is -2.58. The number of hydrogen-bond acceptors (Lipinski definition) is 3. The molecule has 1 aliphatic heterocycles. The Balaban J connectivity index is 2.26. The number of rotatable bonds is 2. The van der Waals surface area contributed by atoms with Crippen molar-refractivity contribution in [3.05, 3.63) is 22.4 Å². The second-order valence-corrected chi connectivity index (χ2v) is 5.19. The molecule has 1 aliphatic rings. The van der Waals surface area contributed by atoms with E-state index in [-0.39, 0.29) is 5.91 Å². The fourth-order valence-electron chi connectivity index (χ4n) is 2.09. The third-order valence-corrected chi connectivity index (χ3v) is 3.46. The van der Waals surface area contributed by atoms with Crippen LogP contribution in [0, 0.1) is 0 Å². The van der Waals surface area contributed by atoms with Gasteiger partial charge in [-0.1, -0.05) is 0 Å². The van der Waals surface area contributed by atoms with Crippen molar-refractivity contribution in [2.45, 2.75) is 6.04 Å². The van der Waals surface area contributed by atoms with Gasteiger partial charge >= 0.3 is 0 Å². The van der Waals surface area contributed by atoms with Crippen LogP contribution in [-0.2, 0) is 11.8 Å². The van der Waals surface area contributed by atoms with Crippen LogP contribution < -0.4 is 11.1 Å². The monoisotopic (exact) mass is 314 g/mol. The average molecular weight is 315 g/mol. The van der Waals surface area contributed by atoms with Crippen LogP contribution >= 0.6 is 15.9 Å². The van der Waals surface area contributed by atoms with Crippen molar-refractivity contribution >= 4 is 27.7 Å². The quantitative estimate of drug-likeness (QED) is 0.785. The van der Waals surface area contributed by atoms with Gasteiger partial charge in [0.15, 0.2) is 0 Å². The van der Waals surface area contributed by atoms with Gasteiger partial charge in [0.2, 0.25) is 5.91 Å². The van der Waals surface area contributed by atoms with Crippen LogP contribution in [0.25, 0.3) is 0 Å². The highest BCUT2D eigenvalue weighted by Crippen LogP contribution is 2.17. The maximum absolute atomic E-state index is 12.4. The van der Waals surface area contributed by atoms with Gasteiger partial charge in [0.1, 0.15) is 11.7 Å². The molecule has 0 aliphatic carbocycles. The van der Waals surface area contributed by atoms with E-state index in [9.17, 15) is 9.59 Å². The molecule has 1 aromatic heterocycles. The first kappa shape index (κ1) is 13.1. The Morgan fingerprint density at radius 2 is 2.28 bits per heavy atom. The van der Waals surface area contributed by atoms with Gasteiger partial charge in [-0.05, 0) is 22.0 Å². The first-order valence-corrected chi connectivity index (χ1v) is 6.43. The fraction of sp³-hybridized carbons (Fsp3) is 0.455. The highest BCUT2D eigenvalue weighted by molar-refractivity contribution is 9.10. The molecular formula is C11H15BrN4O2. The lowest BCUT2D eigenvalue weighted by atomic mass is 10.1. The molecule has 98 valence electrons. The molecule has 1 atom stereocenters. The van der Waals surface area contributed by atoms with E-state index in [0.29, 0.717) is 25.3 Å². The number of primary amides is 1. The third kappa shape index (κ3) is 2.41. The van der Waals surface area contributed by atoms with Gasteiger partial charge < -0.3 is 20.5 Å².